The third-order valence-corrected chi connectivity index (χ3v) is 10.8. The van der Waals surface area contributed by atoms with Gasteiger partial charge in [0.1, 0.15) is 11.5 Å². The van der Waals surface area contributed by atoms with E-state index < -0.39 is 21.6 Å². The van der Waals surface area contributed by atoms with E-state index in [4.69, 9.17) is 9.47 Å². The van der Waals surface area contributed by atoms with E-state index in [0.29, 0.717) is 0 Å². The molecule has 1 heterocycles. The molecule has 0 saturated carbocycles. The summed E-state index contributed by atoms with van der Waals surface area (Å²) in [5.74, 6) is 1.33. The van der Waals surface area contributed by atoms with E-state index in [1.165, 1.54) is 21.2 Å². The van der Waals surface area contributed by atoms with Crippen LogP contribution in [0.5, 0.6) is 0 Å². The Morgan fingerprint density at radius 3 is 0.971 bits per heavy atom. The maximum Gasteiger partial charge on any atom is 0.245 e. The maximum absolute atomic E-state index is 6.49. The average Bonchev–Trinajstić information content (AvgIpc) is 3.20. The fraction of sp³-hybridized carbons (Fsp3) is 0.161. The van der Waals surface area contributed by atoms with E-state index in [-0.39, 0.29) is 0 Å². The minimum absolute atomic E-state index is 0.619. The molecule has 176 valence electrons. The lowest BCUT2D eigenvalue weighted by atomic mass is 10.4. The van der Waals surface area contributed by atoms with Crippen LogP contribution >= 0.6 is 15.8 Å². The van der Waals surface area contributed by atoms with Gasteiger partial charge in [-0.15, -0.1) is 0 Å². The fourth-order valence-electron chi connectivity index (χ4n) is 4.35. The van der Waals surface area contributed by atoms with E-state index in [1.807, 2.05) is 13.8 Å². The van der Waals surface area contributed by atoms with Crippen LogP contribution in [-0.2, 0) is 9.47 Å². The summed E-state index contributed by atoms with van der Waals surface area (Å²) < 4.78 is 13.0. The predicted molar refractivity (Wildman–Crippen MR) is 151 cm³/mol. The van der Waals surface area contributed by atoms with Crippen LogP contribution in [0.15, 0.2) is 133 Å². The van der Waals surface area contributed by atoms with Gasteiger partial charge in [-0.3, -0.25) is 0 Å². The molecule has 4 heteroatoms. The number of allylic oxidation sites excluding steroid dienone is 2. The largest absolute Gasteiger partial charge is 0.453 e. The zero-order valence-electron chi connectivity index (χ0n) is 20.2. The standard InChI is InChI=1S/C31H30O2P2/c1-31(2)32-29(23-34(25-15-7-3-8-16-25)26-17-9-4-10-18-26)30(33-31)24-35(27-19-11-5-12-20-27)28-21-13-6-14-22-28/h3-22H,23-24H2,1-2H3. The Balaban J connectivity index is 1.52. The van der Waals surface area contributed by atoms with Gasteiger partial charge in [-0.05, 0) is 37.1 Å². The molecule has 0 aliphatic carbocycles. The quantitative estimate of drug-likeness (QED) is 0.269. The van der Waals surface area contributed by atoms with Crippen molar-refractivity contribution >= 4 is 37.1 Å². The van der Waals surface area contributed by atoms with E-state index in [2.05, 4.69) is 121 Å². The molecule has 0 atom stereocenters. The first-order chi connectivity index (χ1) is 17.1. The first kappa shape index (κ1) is 23.8. The summed E-state index contributed by atoms with van der Waals surface area (Å²) in [5, 5.41) is 5.40. The summed E-state index contributed by atoms with van der Waals surface area (Å²) >= 11 is 0. The minimum Gasteiger partial charge on any atom is -0.453 e. The highest BCUT2D eigenvalue weighted by molar-refractivity contribution is 7.73. The van der Waals surface area contributed by atoms with Crippen LogP contribution in [0.25, 0.3) is 0 Å². The lowest BCUT2D eigenvalue weighted by Gasteiger charge is -2.22. The van der Waals surface area contributed by atoms with Gasteiger partial charge in [-0.25, -0.2) is 0 Å². The Labute approximate surface area is 211 Å². The highest BCUT2D eigenvalue weighted by Gasteiger charge is 2.36. The van der Waals surface area contributed by atoms with E-state index in [9.17, 15) is 0 Å². The molecule has 4 aromatic carbocycles. The molecule has 0 bridgehead atoms. The molecule has 4 aromatic rings. The Kier molecular flexibility index (Phi) is 7.33. The normalized spacial score (nSPS) is 14.7. The van der Waals surface area contributed by atoms with Crippen molar-refractivity contribution in [1.29, 1.82) is 0 Å². The third kappa shape index (κ3) is 5.84. The fourth-order valence-corrected chi connectivity index (χ4v) is 8.86. The van der Waals surface area contributed by atoms with Crippen molar-refractivity contribution in [1.82, 2.24) is 0 Å². The van der Waals surface area contributed by atoms with Crippen molar-refractivity contribution < 1.29 is 9.47 Å². The highest BCUT2D eigenvalue weighted by Crippen LogP contribution is 2.45. The predicted octanol–water partition coefficient (Wildman–Crippen LogP) is 6.25. The second-order valence-corrected chi connectivity index (χ2v) is 13.4. The van der Waals surface area contributed by atoms with Crippen LogP contribution in [0.3, 0.4) is 0 Å². The van der Waals surface area contributed by atoms with Crippen LogP contribution in [0.1, 0.15) is 13.8 Å². The SMILES string of the molecule is CC1(C)OC(CP(c2ccccc2)c2ccccc2)=C(CP(c2ccccc2)c2ccccc2)O1. The maximum atomic E-state index is 6.49. The molecule has 0 aromatic heterocycles. The summed E-state index contributed by atoms with van der Waals surface area (Å²) in [6, 6.07) is 43.2. The lowest BCUT2D eigenvalue weighted by Crippen LogP contribution is -2.22. The molecule has 0 amide bonds. The van der Waals surface area contributed by atoms with Crippen LogP contribution in [0, 0.1) is 0 Å². The van der Waals surface area contributed by atoms with Crippen molar-refractivity contribution in [2.45, 2.75) is 19.6 Å². The number of hydrogen-bond acceptors (Lipinski definition) is 2. The molecule has 0 saturated heterocycles. The Bertz CT molecular complexity index is 1080. The van der Waals surface area contributed by atoms with Crippen LogP contribution in [0.4, 0.5) is 0 Å². The summed E-state index contributed by atoms with van der Waals surface area (Å²) in [6.07, 6.45) is 1.66. The molecule has 0 fully saturated rings. The molecular formula is C31H30O2P2. The van der Waals surface area contributed by atoms with Crippen molar-refractivity contribution in [2.75, 3.05) is 12.3 Å². The average molecular weight is 497 g/mol. The highest BCUT2D eigenvalue weighted by atomic mass is 31.1. The Morgan fingerprint density at radius 2 is 0.714 bits per heavy atom. The molecule has 0 spiro atoms. The van der Waals surface area contributed by atoms with Crippen LogP contribution in [-0.4, -0.2) is 18.1 Å². The lowest BCUT2D eigenvalue weighted by molar-refractivity contribution is -0.121. The number of hydrogen-bond donors (Lipinski definition) is 0. The van der Waals surface area contributed by atoms with Gasteiger partial charge < -0.3 is 9.47 Å². The Hall–Kier alpha value is -2.92. The van der Waals surface area contributed by atoms with Crippen molar-refractivity contribution in [3.05, 3.63) is 133 Å². The summed E-state index contributed by atoms with van der Waals surface area (Å²) in [7, 11) is -1.24. The van der Waals surface area contributed by atoms with Crippen molar-refractivity contribution in [2.24, 2.45) is 0 Å². The van der Waals surface area contributed by atoms with Gasteiger partial charge in [0, 0.05) is 26.2 Å². The van der Waals surface area contributed by atoms with Crippen LogP contribution in [0.2, 0.25) is 0 Å². The number of benzene rings is 4. The summed E-state index contributed by atoms with van der Waals surface area (Å²) in [4.78, 5) is 0. The number of ether oxygens (including phenoxy) is 2. The number of rotatable bonds is 8. The van der Waals surface area contributed by atoms with Gasteiger partial charge in [0.2, 0.25) is 5.79 Å². The van der Waals surface area contributed by atoms with Crippen molar-refractivity contribution in [3.63, 3.8) is 0 Å². The first-order valence-corrected chi connectivity index (χ1v) is 15.0. The monoisotopic (exact) mass is 496 g/mol. The first-order valence-electron chi connectivity index (χ1n) is 11.9. The van der Waals surface area contributed by atoms with E-state index in [0.717, 1.165) is 23.8 Å². The van der Waals surface area contributed by atoms with Crippen LogP contribution < -0.4 is 21.2 Å². The van der Waals surface area contributed by atoms with Gasteiger partial charge in [-0.2, -0.15) is 0 Å². The smallest absolute Gasteiger partial charge is 0.245 e. The molecule has 1 aliphatic rings. The minimum atomic E-state index is -0.659. The molecule has 0 unspecified atom stereocenters. The molecule has 1 aliphatic heterocycles. The van der Waals surface area contributed by atoms with Gasteiger partial charge in [0.05, 0.1) is 0 Å². The molecule has 2 nitrogen and oxygen atoms in total. The molecular weight excluding hydrogens is 466 g/mol. The summed E-state index contributed by atoms with van der Waals surface area (Å²) in [5.41, 5.74) is 0. The zero-order valence-corrected chi connectivity index (χ0v) is 22.0. The van der Waals surface area contributed by atoms with E-state index in [1.54, 1.807) is 0 Å². The molecule has 35 heavy (non-hydrogen) atoms. The molecule has 0 radical (unpaired) electrons. The van der Waals surface area contributed by atoms with Gasteiger partial charge in [0.25, 0.3) is 0 Å². The second-order valence-electron chi connectivity index (χ2n) is 8.96. The van der Waals surface area contributed by atoms with Gasteiger partial charge >= 0.3 is 0 Å². The van der Waals surface area contributed by atoms with Gasteiger partial charge in [-0.1, -0.05) is 121 Å². The zero-order chi connectivity index (χ0) is 24.1. The summed E-state index contributed by atoms with van der Waals surface area (Å²) in [6.45, 7) is 4.03. The van der Waals surface area contributed by atoms with E-state index >= 15 is 0 Å². The third-order valence-electron chi connectivity index (χ3n) is 5.92. The second kappa shape index (κ2) is 10.8. The Morgan fingerprint density at radius 1 is 0.457 bits per heavy atom. The topological polar surface area (TPSA) is 18.5 Å². The van der Waals surface area contributed by atoms with Crippen molar-refractivity contribution in [3.8, 4) is 0 Å². The van der Waals surface area contributed by atoms with Gasteiger partial charge in [0.15, 0.2) is 0 Å². The molecule has 0 N–H and O–H groups in total. The molecule has 5 rings (SSSR count).